The van der Waals surface area contributed by atoms with Crippen molar-refractivity contribution >= 4 is 5.97 Å². The molecular formula is C25H40O3. The molecule has 0 N–H and O–H groups in total. The van der Waals surface area contributed by atoms with E-state index in [1.165, 1.54) is 63.4 Å². The van der Waals surface area contributed by atoms with E-state index in [4.69, 9.17) is 9.47 Å². The van der Waals surface area contributed by atoms with Gasteiger partial charge in [-0.15, -0.1) is 0 Å². The summed E-state index contributed by atoms with van der Waals surface area (Å²) < 4.78 is 11.8. The molecule has 1 saturated heterocycles. The molecule has 1 fully saturated rings. The van der Waals surface area contributed by atoms with Gasteiger partial charge in [-0.25, -0.2) is 0 Å². The lowest BCUT2D eigenvalue weighted by Gasteiger charge is -2.30. The number of rotatable bonds is 15. The van der Waals surface area contributed by atoms with Gasteiger partial charge in [0.2, 0.25) is 0 Å². The Morgan fingerprint density at radius 1 is 0.964 bits per heavy atom. The fraction of sp³-hybridized carbons (Fsp3) is 0.720. The van der Waals surface area contributed by atoms with Gasteiger partial charge in [-0.05, 0) is 24.8 Å². The minimum atomic E-state index is -0.0662. The number of cyclic esters (lactones) is 1. The molecule has 0 saturated carbocycles. The summed E-state index contributed by atoms with van der Waals surface area (Å²) in [5, 5.41) is 0. The first-order valence-electron chi connectivity index (χ1n) is 11.6. The molecule has 1 aromatic carbocycles. The van der Waals surface area contributed by atoms with Gasteiger partial charge in [-0.1, -0.05) is 101 Å². The van der Waals surface area contributed by atoms with Gasteiger partial charge in [0.15, 0.2) is 0 Å². The zero-order chi connectivity index (χ0) is 19.9. The minimum Gasteiger partial charge on any atom is -0.460 e. The van der Waals surface area contributed by atoms with Crippen LogP contribution in [0, 0.1) is 0 Å². The van der Waals surface area contributed by atoms with Crippen molar-refractivity contribution in [3.63, 3.8) is 0 Å². The second-order valence-corrected chi connectivity index (χ2v) is 8.23. The molecule has 0 aliphatic carbocycles. The highest BCUT2D eigenvalue weighted by molar-refractivity contribution is 5.70. The third-order valence-electron chi connectivity index (χ3n) is 5.72. The van der Waals surface area contributed by atoms with E-state index in [-0.39, 0.29) is 18.2 Å². The number of unbranched alkanes of at least 4 members (excludes halogenated alkanes) is 9. The molecule has 1 aromatic rings. The van der Waals surface area contributed by atoms with Gasteiger partial charge >= 0.3 is 5.97 Å². The van der Waals surface area contributed by atoms with Crippen molar-refractivity contribution in [3.8, 4) is 0 Å². The largest absolute Gasteiger partial charge is 0.460 e. The minimum absolute atomic E-state index is 0.0264. The predicted molar refractivity (Wildman–Crippen MR) is 115 cm³/mol. The van der Waals surface area contributed by atoms with Crippen LogP contribution in [0.25, 0.3) is 0 Å². The Morgan fingerprint density at radius 2 is 1.61 bits per heavy atom. The standard InChI is InChI=1S/C25H40O3/c1-2-3-4-5-6-7-8-9-10-14-18-23(24-19-15-20-25(26)28-24)27-21-22-16-12-11-13-17-22/h11-13,16-17,23-24H,2-10,14-15,18-21H2,1H3/t23-,24-/m0/s1. The second kappa shape index (κ2) is 14.6. The molecule has 158 valence electrons. The Hall–Kier alpha value is -1.35. The first-order valence-corrected chi connectivity index (χ1v) is 11.6. The fourth-order valence-corrected chi connectivity index (χ4v) is 3.98. The number of ether oxygens (including phenoxy) is 2. The fourth-order valence-electron chi connectivity index (χ4n) is 3.98. The van der Waals surface area contributed by atoms with Crippen LogP contribution >= 0.6 is 0 Å². The molecule has 3 nitrogen and oxygen atoms in total. The van der Waals surface area contributed by atoms with Crippen LogP contribution in [0.3, 0.4) is 0 Å². The monoisotopic (exact) mass is 388 g/mol. The van der Waals surface area contributed by atoms with E-state index in [0.29, 0.717) is 13.0 Å². The lowest BCUT2D eigenvalue weighted by atomic mass is 9.98. The molecule has 0 unspecified atom stereocenters. The summed E-state index contributed by atoms with van der Waals surface area (Å²) >= 11 is 0. The highest BCUT2D eigenvalue weighted by atomic mass is 16.6. The van der Waals surface area contributed by atoms with Gasteiger partial charge in [0.05, 0.1) is 12.7 Å². The van der Waals surface area contributed by atoms with E-state index in [2.05, 4.69) is 19.1 Å². The van der Waals surface area contributed by atoms with Crippen molar-refractivity contribution in [3.05, 3.63) is 35.9 Å². The Labute approximate surface area is 172 Å². The number of esters is 1. The maximum atomic E-state index is 11.7. The lowest BCUT2D eigenvalue weighted by Crippen LogP contribution is -2.36. The molecule has 1 heterocycles. The van der Waals surface area contributed by atoms with Crippen LogP contribution in [0.4, 0.5) is 0 Å². The molecule has 3 heteroatoms. The summed E-state index contributed by atoms with van der Waals surface area (Å²) in [4.78, 5) is 11.7. The highest BCUT2D eigenvalue weighted by Gasteiger charge is 2.29. The quantitative estimate of drug-likeness (QED) is 0.240. The first-order chi connectivity index (χ1) is 13.8. The van der Waals surface area contributed by atoms with Crippen molar-refractivity contribution < 1.29 is 14.3 Å². The summed E-state index contributed by atoms with van der Waals surface area (Å²) in [6.45, 7) is 2.86. The van der Waals surface area contributed by atoms with E-state index in [0.717, 1.165) is 25.7 Å². The molecule has 1 aliphatic heterocycles. The smallest absolute Gasteiger partial charge is 0.306 e. The van der Waals surface area contributed by atoms with E-state index < -0.39 is 0 Å². The number of carbonyl (C=O) groups is 1. The van der Waals surface area contributed by atoms with E-state index >= 15 is 0 Å². The third kappa shape index (κ3) is 9.73. The Kier molecular flexibility index (Phi) is 12.0. The van der Waals surface area contributed by atoms with E-state index in [1.54, 1.807) is 0 Å². The maximum absolute atomic E-state index is 11.7. The van der Waals surface area contributed by atoms with Gasteiger partial charge in [0.25, 0.3) is 0 Å². The van der Waals surface area contributed by atoms with Gasteiger partial charge in [-0.2, -0.15) is 0 Å². The number of hydrogen-bond donors (Lipinski definition) is 0. The molecule has 2 atom stereocenters. The van der Waals surface area contributed by atoms with Gasteiger partial charge in [0, 0.05) is 6.42 Å². The van der Waals surface area contributed by atoms with Crippen LogP contribution in [0.15, 0.2) is 30.3 Å². The lowest BCUT2D eigenvalue weighted by molar-refractivity contribution is -0.165. The number of carbonyl (C=O) groups excluding carboxylic acids is 1. The predicted octanol–water partition coefficient (Wildman–Crippen LogP) is 6.98. The Balaban J connectivity index is 1.65. The molecule has 1 aliphatic rings. The van der Waals surface area contributed by atoms with E-state index in [1.807, 2.05) is 18.2 Å². The first kappa shape index (κ1) is 22.9. The van der Waals surface area contributed by atoms with Crippen LogP contribution in [0.5, 0.6) is 0 Å². The van der Waals surface area contributed by atoms with Crippen LogP contribution in [-0.2, 0) is 20.9 Å². The average Bonchev–Trinajstić information content (AvgIpc) is 2.72. The van der Waals surface area contributed by atoms with Crippen molar-refractivity contribution in [1.29, 1.82) is 0 Å². The number of benzene rings is 1. The van der Waals surface area contributed by atoms with Crippen LogP contribution in [0.2, 0.25) is 0 Å². The molecule has 0 amide bonds. The highest BCUT2D eigenvalue weighted by Crippen LogP contribution is 2.24. The zero-order valence-corrected chi connectivity index (χ0v) is 17.9. The molecular weight excluding hydrogens is 348 g/mol. The second-order valence-electron chi connectivity index (χ2n) is 8.23. The summed E-state index contributed by atoms with van der Waals surface area (Å²) in [5.74, 6) is -0.0624. The van der Waals surface area contributed by atoms with Crippen molar-refractivity contribution in [2.24, 2.45) is 0 Å². The number of hydrogen-bond acceptors (Lipinski definition) is 3. The Morgan fingerprint density at radius 3 is 2.25 bits per heavy atom. The zero-order valence-electron chi connectivity index (χ0n) is 17.9. The van der Waals surface area contributed by atoms with Gasteiger partial charge < -0.3 is 9.47 Å². The van der Waals surface area contributed by atoms with Crippen molar-refractivity contribution in [1.82, 2.24) is 0 Å². The third-order valence-corrected chi connectivity index (χ3v) is 5.72. The molecule has 0 radical (unpaired) electrons. The summed E-state index contributed by atoms with van der Waals surface area (Å²) in [5.41, 5.74) is 1.18. The molecule has 2 rings (SSSR count). The SMILES string of the molecule is CCCCCCCCCCCC[C@H](OCc1ccccc1)[C@@H]1CCCC(=O)O1. The average molecular weight is 389 g/mol. The summed E-state index contributed by atoms with van der Waals surface area (Å²) in [7, 11) is 0. The van der Waals surface area contributed by atoms with Crippen molar-refractivity contribution in [2.45, 2.75) is 116 Å². The molecule has 0 spiro atoms. The van der Waals surface area contributed by atoms with Gasteiger partial charge in [0.1, 0.15) is 6.10 Å². The van der Waals surface area contributed by atoms with E-state index in [9.17, 15) is 4.79 Å². The molecule has 0 aromatic heterocycles. The summed E-state index contributed by atoms with van der Waals surface area (Å²) in [6, 6.07) is 10.3. The molecule has 28 heavy (non-hydrogen) atoms. The van der Waals surface area contributed by atoms with Crippen molar-refractivity contribution in [2.75, 3.05) is 0 Å². The summed E-state index contributed by atoms with van der Waals surface area (Å²) in [6.07, 6.45) is 16.7. The van der Waals surface area contributed by atoms with Crippen LogP contribution < -0.4 is 0 Å². The maximum Gasteiger partial charge on any atom is 0.306 e. The normalized spacial score (nSPS) is 18.0. The Bertz CT molecular complexity index is 514. The molecule has 0 bridgehead atoms. The van der Waals surface area contributed by atoms with Gasteiger partial charge in [-0.3, -0.25) is 4.79 Å². The van der Waals surface area contributed by atoms with Crippen LogP contribution in [-0.4, -0.2) is 18.2 Å². The topological polar surface area (TPSA) is 35.5 Å². The van der Waals surface area contributed by atoms with Crippen LogP contribution in [0.1, 0.15) is 102 Å².